The number of aliphatic hydroxyl groups is 1. The van der Waals surface area contributed by atoms with Gasteiger partial charge in [-0.25, -0.2) is 0 Å². The summed E-state index contributed by atoms with van der Waals surface area (Å²) < 4.78 is 0. The predicted molar refractivity (Wildman–Crippen MR) is 27.8 cm³/mol. The average Bonchev–Trinajstić information content (AvgIpc) is 1.63. The monoisotopic (exact) mass is 101 g/mol. The molecule has 1 fully saturated rings. The Kier molecular flexibility index (Phi) is 0.869. The van der Waals surface area contributed by atoms with Gasteiger partial charge in [-0.05, 0) is 19.8 Å². The molecule has 2 heteroatoms. The van der Waals surface area contributed by atoms with Crippen LogP contribution in [-0.2, 0) is 0 Å². The fraction of sp³-hybridized carbons (Fsp3) is 1.00. The Balaban J connectivity index is 2.43. The van der Waals surface area contributed by atoms with Gasteiger partial charge in [0, 0.05) is 6.04 Å². The van der Waals surface area contributed by atoms with Crippen molar-refractivity contribution in [3.05, 3.63) is 0 Å². The molecule has 2 nitrogen and oxygen atoms in total. The van der Waals surface area contributed by atoms with Crippen molar-refractivity contribution in [2.45, 2.75) is 31.4 Å². The fourth-order valence-electron chi connectivity index (χ4n) is 0.729. The SMILES string of the molecule is C[C@@]1(O)CCC1N. The summed E-state index contributed by atoms with van der Waals surface area (Å²) in [5.41, 5.74) is 4.86. The van der Waals surface area contributed by atoms with Crippen molar-refractivity contribution in [3.63, 3.8) is 0 Å². The molecule has 1 aliphatic rings. The van der Waals surface area contributed by atoms with E-state index < -0.39 is 5.60 Å². The number of nitrogens with two attached hydrogens (primary N) is 1. The van der Waals surface area contributed by atoms with E-state index in [1.807, 2.05) is 0 Å². The van der Waals surface area contributed by atoms with Crippen LogP contribution in [0.15, 0.2) is 0 Å². The zero-order valence-corrected chi connectivity index (χ0v) is 4.52. The lowest BCUT2D eigenvalue weighted by Gasteiger charge is -2.39. The molecule has 0 heterocycles. The standard InChI is InChI=1S/C5H11NO/c1-5(7)3-2-4(5)6/h4,7H,2-3,6H2,1H3/t4?,5-/m1/s1. The van der Waals surface area contributed by atoms with Crippen LogP contribution in [0.4, 0.5) is 0 Å². The lowest BCUT2D eigenvalue weighted by atomic mass is 9.77. The molecule has 0 amide bonds. The molecule has 0 saturated heterocycles. The Hall–Kier alpha value is -0.0800. The minimum Gasteiger partial charge on any atom is -0.389 e. The zero-order valence-electron chi connectivity index (χ0n) is 4.52. The first-order chi connectivity index (χ1) is 3.13. The van der Waals surface area contributed by atoms with E-state index in [4.69, 9.17) is 10.8 Å². The van der Waals surface area contributed by atoms with Gasteiger partial charge in [-0.2, -0.15) is 0 Å². The highest BCUT2D eigenvalue weighted by Crippen LogP contribution is 2.29. The molecular formula is C5H11NO. The molecular weight excluding hydrogens is 90.1 g/mol. The first kappa shape index (κ1) is 5.06. The minimum atomic E-state index is -0.542. The topological polar surface area (TPSA) is 46.2 Å². The van der Waals surface area contributed by atoms with Crippen molar-refractivity contribution >= 4 is 0 Å². The van der Waals surface area contributed by atoms with E-state index in [1.54, 1.807) is 6.92 Å². The smallest absolute Gasteiger partial charge is 0.0770 e. The molecule has 1 saturated carbocycles. The maximum absolute atomic E-state index is 9.06. The second-order valence-corrected chi connectivity index (χ2v) is 2.50. The van der Waals surface area contributed by atoms with E-state index in [1.165, 1.54) is 0 Å². The van der Waals surface area contributed by atoms with Crippen LogP contribution in [0, 0.1) is 0 Å². The van der Waals surface area contributed by atoms with Gasteiger partial charge in [0.1, 0.15) is 0 Å². The van der Waals surface area contributed by atoms with Gasteiger partial charge in [0.2, 0.25) is 0 Å². The molecule has 7 heavy (non-hydrogen) atoms. The lowest BCUT2D eigenvalue weighted by molar-refractivity contribution is -0.0367. The molecule has 0 aliphatic heterocycles. The summed E-state index contributed by atoms with van der Waals surface area (Å²) >= 11 is 0. The van der Waals surface area contributed by atoms with E-state index in [9.17, 15) is 0 Å². The highest BCUT2D eigenvalue weighted by atomic mass is 16.3. The summed E-state index contributed by atoms with van der Waals surface area (Å²) in [4.78, 5) is 0. The van der Waals surface area contributed by atoms with Gasteiger partial charge in [-0.15, -0.1) is 0 Å². The van der Waals surface area contributed by atoms with Crippen LogP contribution >= 0.6 is 0 Å². The minimum absolute atomic E-state index is 0.0347. The molecule has 42 valence electrons. The molecule has 0 aromatic carbocycles. The van der Waals surface area contributed by atoms with E-state index in [0.717, 1.165) is 12.8 Å². The van der Waals surface area contributed by atoms with E-state index in [0.29, 0.717) is 0 Å². The quantitative estimate of drug-likeness (QED) is 0.446. The molecule has 3 N–H and O–H groups in total. The third-order valence-corrected chi connectivity index (χ3v) is 1.76. The average molecular weight is 101 g/mol. The zero-order chi connectivity index (χ0) is 5.49. The fourth-order valence-corrected chi connectivity index (χ4v) is 0.729. The van der Waals surface area contributed by atoms with Crippen LogP contribution in [-0.4, -0.2) is 16.7 Å². The molecule has 0 radical (unpaired) electrons. The molecule has 0 bridgehead atoms. The van der Waals surface area contributed by atoms with Gasteiger partial charge in [0.05, 0.1) is 5.60 Å². The summed E-state index contributed by atoms with van der Waals surface area (Å²) in [5, 5.41) is 9.06. The van der Waals surface area contributed by atoms with Gasteiger partial charge in [0.25, 0.3) is 0 Å². The highest BCUT2D eigenvalue weighted by Gasteiger charge is 2.37. The second kappa shape index (κ2) is 1.20. The van der Waals surface area contributed by atoms with Crippen LogP contribution in [0.2, 0.25) is 0 Å². The summed E-state index contributed by atoms with van der Waals surface area (Å²) in [6, 6.07) is 0.0347. The Morgan fingerprint density at radius 2 is 2.29 bits per heavy atom. The van der Waals surface area contributed by atoms with Gasteiger partial charge in [-0.3, -0.25) is 0 Å². The molecule has 1 unspecified atom stereocenters. The normalized spacial score (nSPS) is 51.0. The van der Waals surface area contributed by atoms with Crippen molar-refractivity contribution < 1.29 is 5.11 Å². The summed E-state index contributed by atoms with van der Waals surface area (Å²) in [7, 11) is 0. The van der Waals surface area contributed by atoms with Gasteiger partial charge >= 0.3 is 0 Å². The van der Waals surface area contributed by atoms with E-state index in [-0.39, 0.29) is 6.04 Å². The van der Waals surface area contributed by atoms with Crippen LogP contribution in [0.1, 0.15) is 19.8 Å². The van der Waals surface area contributed by atoms with Crippen molar-refractivity contribution in [2.75, 3.05) is 0 Å². The molecule has 1 aliphatic carbocycles. The first-order valence-electron chi connectivity index (χ1n) is 2.61. The van der Waals surface area contributed by atoms with Gasteiger partial charge < -0.3 is 10.8 Å². The molecule has 0 aromatic heterocycles. The molecule has 0 spiro atoms. The number of rotatable bonds is 0. The molecule has 1 rings (SSSR count). The maximum Gasteiger partial charge on any atom is 0.0770 e. The summed E-state index contributed by atoms with van der Waals surface area (Å²) in [6.45, 7) is 1.78. The highest BCUT2D eigenvalue weighted by molar-refractivity contribution is 4.95. The van der Waals surface area contributed by atoms with E-state index >= 15 is 0 Å². The molecule has 0 aromatic rings. The van der Waals surface area contributed by atoms with Gasteiger partial charge in [0.15, 0.2) is 0 Å². The number of hydrogen-bond donors (Lipinski definition) is 2. The first-order valence-corrected chi connectivity index (χ1v) is 2.61. The van der Waals surface area contributed by atoms with Crippen molar-refractivity contribution in [1.29, 1.82) is 0 Å². The van der Waals surface area contributed by atoms with E-state index in [2.05, 4.69) is 0 Å². The van der Waals surface area contributed by atoms with Crippen LogP contribution in [0.5, 0.6) is 0 Å². The third kappa shape index (κ3) is 0.640. The van der Waals surface area contributed by atoms with Crippen LogP contribution in [0.3, 0.4) is 0 Å². The molecule has 2 atom stereocenters. The Morgan fingerprint density at radius 3 is 2.29 bits per heavy atom. The Bertz CT molecular complexity index is 80.1. The predicted octanol–water partition coefficient (Wildman–Crippen LogP) is -0.142. The van der Waals surface area contributed by atoms with Crippen LogP contribution < -0.4 is 5.73 Å². The van der Waals surface area contributed by atoms with Crippen molar-refractivity contribution in [1.82, 2.24) is 0 Å². The summed E-state index contributed by atoms with van der Waals surface area (Å²) in [5.74, 6) is 0. The van der Waals surface area contributed by atoms with Crippen molar-refractivity contribution in [3.8, 4) is 0 Å². The van der Waals surface area contributed by atoms with Crippen LogP contribution in [0.25, 0.3) is 0 Å². The summed E-state index contributed by atoms with van der Waals surface area (Å²) in [6.07, 6.45) is 1.85. The lowest BCUT2D eigenvalue weighted by Crippen LogP contribution is -2.54. The second-order valence-electron chi connectivity index (χ2n) is 2.50. The Labute approximate surface area is 43.3 Å². The van der Waals surface area contributed by atoms with Gasteiger partial charge in [-0.1, -0.05) is 0 Å². The largest absolute Gasteiger partial charge is 0.389 e. The van der Waals surface area contributed by atoms with Crippen molar-refractivity contribution in [2.24, 2.45) is 5.73 Å². The third-order valence-electron chi connectivity index (χ3n) is 1.76. The Morgan fingerprint density at radius 1 is 1.86 bits per heavy atom. The number of hydrogen-bond acceptors (Lipinski definition) is 2. The maximum atomic E-state index is 9.06.